The molecule has 0 saturated heterocycles. The molecule has 1 aliphatic carbocycles. The van der Waals surface area contributed by atoms with Gasteiger partial charge in [-0.1, -0.05) is 24.3 Å². The van der Waals surface area contributed by atoms with Crippen molar-refractivity contribution in [2.75, 3.05) is 7.05 Å². The molecule has 0 heterocycles. The zero-order valence-corrected chi connectivity index (χ0v) is 7.70. The molecule has 1 atom stereocenters. The van der Waals surface area contributed by atoms with E-state index in [1.807, 2.05) is 18.2 Å². The first-order chi connectivity index (χ1) is 6.33. The van der Waals surface area contributed by atoms with E-state index in [0.717, 1.165) is 24.1 Å². The van der Waals surface area contributed by atoms with Gasteiger partial charge in [0.05, 0.1) is 11.8 Å². The maximum atomic E-state index is 9.68. The summed E-state index contributed by atoms with van der Waals surface area (Å²) < 4.78 is 0. The maximum Gasteiger partial charge on any atom is 0.0964 e. The average molecular weight is 175 g/mol. The summed E-state index contributed by atoms with van der Waals surface area (Å²) in [5.41, 5.74) is 3.25. The molecule has 1 N–H and O–H groups in total. The van der Waals surface area contributed by atoms with Crippen molar-refractivity contribution < 1.29 is 5.11 Å². The third kappa shape index (κ3) is 1.38. The van der Waals surface area contributed by atoms with Crippen LogP contribution in [0.3, 0.4) is 0 Å². The Labute approximate surface area is 77.9 Å². The van der Waals surface area contributed by atoms with E-state index in [4.69, 9.17) is 0 Å². The first kappa shape index (κ1) is 8.45. The van der Waals surface area contributed by atoms with Crippen LogP contribution in [-0.2, 0) is 6.42 Å². The minimum atomic E-state index is -0.375. The van der Waals surface area contributed by atoms with Crippen LogP contribution < -0.4 is 0 Å². The Hall–Kier alpha value is -1.15. The van der Waals surface area contributed by atoms with Crippen LogP contribution in [-0.4, -0.2) is 24.0 Å². The van der Waals surface area contributed by atoms with Gasteiger partial charge in [-0.05, 0) is 18.4 Å². The topological polar surface area (TPSA) is 32.6 Å². The summed E-state index contributed by atoms with van der Waals surface area (Å²) in [7, 11) is 1.74. The van der Waals surface area contributed by atoms with Crippen molar-refractivity contribution in [2.24, 2.45) is 4.99 Å². The number of nitrogens with zero attached hydrogens (tertiary/aromatic N) is 1. The fraction of sp³-hybridized carbons (Fsp3) is 0.364. The van der Waals surface area contributed by atoms with Crippen LogP contribution in [0.25, 0.3) is 0 Å². The Bertz CT molecular complexity index is 344. The maximum absolute atomic E-state index is 9.68. The molecule has 0 aliphatic heterocycles. The third-order valence-electron chi connectivity index (χ3n) is 2.54. The second-order valence-electron chi connectivity index (χ2n) is 3.32. The summed E-state index contributed by atoms with van der Waals surface area (Å²) in [6.45, 7) is 0. The Kier molecular flexibility index (Phi) is 2.15. The van der Waals surface area contributed by atoms with Crippen LogP contribution in [0.2, 0.25) is 0 Å². The van der Waals surface area contributed by atoms with Crippen molar-refractivity contribution in [1.82, 2.24) is 0 Å². The van der Waals surface area contributed by atoms with Crippen molar-refractivity contribution in [1.29, 1.82) is 0 Å². The van der Waals surface area contributed by atoms with Gasteiger partial charge in [0.2, 0.25) is 0 Å². The van der Waals surface area contributed by atoms with E-state index in [-0.39, 0.29) is 6.10 Å². The summed E-state index contributed by atoms with van der Waals surface area (Å²) >= 11 is 0. The molecule has 0 amide bonds. The molecule has 2 nitrogen and oxygen atoms in total. The molecule has 1 aliphatic rings. The number of fused-ring (bicyclic) bond motifs is 1. The molecule has 1 aromatic carbocycles. The Morgan fingerprint density at radius 2 is 2.15 bits per heavy atom. The lowest BCUT2D eigenvalue weighted by molar-refractivity contribution is 0.228. The lowest BCUT2D eigenvalue weighted by Crippen LogP contribution is -2.27. The molecule has 0 spiro atoms. The van der Waals surface area contributed by atoms with Gasteiger partial charge in [-0.2, -0.15) is 0 Å². The zero-order valence-electron chi connectivity index (χ0n) is 7.70. The molecule has 1 unspecified atom stereocenters. The van der Waals surface area contributed by atoms with Crippen molar-refractivity contribution in [2.45, 2.75) is 18.9 Å². The third-order valence-corrected chi connectivity index (χ3v) is 2.54. The Balaban J connectivity index is 2.52. The molecule has 0 saturated carbocycles. The summed E-state index contributed by atoms with van der Waals surface area (Å²) in [4.78, 5) is 4.14. The first-order valence-corrected chi connectivity index (χ1v) is 4.56. The van der Waals surface area contributed by atoms with Gasteiger partial charge in [0, 0.05) is 12.6 Å². The van der Waals surface area contributed by atoms with E-state index in [2.05, 4.69) is 11.1 Å². The summed E-state index contributed by atoms with van der Waals surface area (Å²) in [5.74, 6) is 0. The molecule has 13 heavy (non-hydrogen) atoms. The SMILES string of the molecule is CN=C1c2ccccc2CCC1O. The van der Waals surface area contributed by atoms with E-state index in [9.17, 15) is 5.11 Å². The van der Waals surface area contributed by atoms with Crippen molar-refractivity contribution >= 4 is 5.71 Å². The quantitative estimate of drug-likeness (QED) is 0.635. The van der Waals surface area contributed by atoms with Gasteiger partial charge in [0.25, 0.3) is 0 Å². The molecular formula is C11H13NO. The number of aliphatic imine (C=N–C) groups is 1. The fourth-order valence-corrected chi connectivity index (χ4v) is 1.87. The van der Waals surface area contributed by atoms with E-state index in [1.165, 1.54) is 5.56 Å². The normalized spacial score (nSPS) is 24.5. The molecule has 0 bridgehead atoms. The highest BCUT2D eigenvalue weighted by Crippen LogP contribution is 2.21. The van der Waals surface area contributed by atoms with Gasteiger partial charge in [0.1, 0.15) is 0 Å². The van der Waals surface area contributed by atoms with Gasteiger partial charge in [0.15, 0.2) is 0 Å². The lowest BCUT2D eigenvalue weighted by atomic mass is 9.88. The molecule has 68 valence electrons. The minimum Gasteiger partial charge on any atom is -0.387 e. The van der Waals surface area contributed by atoms with Crippen molar-refractivity contribution in [3.05, 3.63) is 35.4 Å². The summed E-state index contributed by atoms with van der Waals surface area (Å²) in [6.07, 6.45) is 1.37. The van der Waals surface area contributed by atoms with Crippen LogP contribution in [0.4, 0.5) is 0 Å². The highest BCUT2D eigenvalue weighted by atomic mass is 16.3. The Morgan fingerprint density at radius 1 is 1.38 bits per heavy atom. The zero-order chi connectivity index (χ0) is 9.26. The monoisotopic (exact) mass is 175 g/mol. The van der Waals surface area contributed by atoms with Crippen LogP contribution in [0.15, 0.2) is 29.3 Å². The number of aliphatic hydroxyl groups excluding tert-OH is 1. The van der Waals surface area contributed by atoms with Gasteiger partial charge in [-0.3, -0.25) is 4.99 Å². The summed E-state index contributed by atoms with van der Waals surface area (Å²) in [6, 6.07) is 8.15. The molecule has 0 aromatic heterocycles. The highest BCUT2D eigenvalue weighted by molar-refractivity contribution is 6.05. The average Bonchev–Trinajstić information content (AvgIpc) is 2.18. The van der Waals surface area contributed by atoms with Crippen LogP contribution in [0, 0.1) is 0 Å². The number of benzene rings is 1. The largest absolute Gasteiger partial charge is 0.387 e. The fourth-order valence-electron chi connectivity index (χ4n) is 1.87. The molecule has 2 rings (SSSR count). The second-order valence-corrected chi connectivity index (χ2v) is 3.32. The van der Waals surface area contributed by atoms with E-state index < -0.39 is 0 Å². The molecular weight excluding hydrogens is 162 g/mol. The number of rotatable bonds is 0. The predicted molar refractivity (Wildman–Crippen MR) is 53.2 cm³/mol. The number of hydrogen-bond acceptors (Lipinski definition) is 2. The van der Waals surface area contributed by atoms with E-state index in [0.29, 0.717) is 0 Å². The van der Waals surface area contributed by atoms with Crippen LogP contribution in [0.5, 0.6) is 0 Å². The van der Waals surface area contributed by atoms with Gasteiger partial charge in [-0.15, -0.1) is 0 Å². The summed E-state index contributed by atoms with van der Waals surface area (Å²) in [5, 5.41) is 9.68. The second kappa shape index (κ2) is 3.30. The van der Waals surface area contributed by atoms with Crippen LogP contribution in [0.1, 0.15) is 17.5 Å². The lowest BCUT2D eigenvalue weighted by Gasteiger charge is -2.22. The highest BCUT2D eigenvalue weighted by Gasteiger charge is 2.21. The van der Waals surface area contributed by atoms with E-state index in [1.54, 1.807) is 7.05 Å². The van der Waals surface area contributed by atoms with E-state index >= 15 is 0 Å². The van der Waals surface area contributed by atoms with Gasteiger partial charge in [-0.25, -0.2) is 0 Å². The minimum absolute atomic E-state index is 0.375. The number of aryl methyl sites for hydroxylation is 1. The van der Waals surface area contributed by atoms with Gasteiger partial charge >= 0.3 is 0 Å². The first-order valence-electron chi connectivity index (χ1n) is 4.56. The molecule has 2 heteroatoms. The van der Waals surface area contributed by atoms with Crippen molar-refractivity contribution in [3.63, 3.8) is 0 Å². The molecule has 0 radical (unpaired) electrons. The predicted octanol–water partition coefficient (Wildman–Crippen LogP) is 1.41. The standard InChI is InChI=1S/C11H13NO/c1-12-11-9-5-3-2-4-8(9)6-7-10(11)13/h2-5,10,13H,6-7H2,1H3. The number of hydrogen-bond donors (Lipinski definition) is 1. The molecule has 0 fully saturated rings. The van der Waals surface area contributed by atoms with Crippen molar-refractivity contribution in [3.8, 4) is 0 Å². The number of aliphatic hydroxyl groups is 1. The Morgan fingerprint density at radius 3 is 2.92 bits per heavy atom. The van der Waals surface area contributed by atoms with Gasteiger partial charge < -0.3 is 5.11 Å². The smallest absolute Gasteiger partial charge is 0.0964 e. The molecule has 1 aromatic rings. The van der Waals surface area contributed by atoms with Crippen LogP contribution >= 0.6 is 0 Å².